The third-order valence-corrected chi connectivity index (χ3v) is 7.79. The van der Waals surface area contributed by atoms with Crippen LogP contribution in [0.4, 0.5) is 0 Å². The van der Waals surface area contributed by atoms with Crippen molar-refractivity contribution < 1.29 is 24.2 Å². The van der Waals surface area contributed by atoms with Crippen molar-refractivity contribution in [3.8, 4) is 11.5 Å². The Labute approximate surface area is 222 Å². The minimum atomic E-state index is -0.792. The number of amides is 1. The second-order valence-electron chi connectivity index (χ2n) is 11.1. The normalized spacial score (nSPS) is 21.9. The van der Waals surface area contributed by atoms with Crippen molar-refractivity contribution in [2.45, 2.75) is 71.3 Å². The van der Waals surface area contributed by atoms with Gasteiger partial charge in [0.1, 0.15) is 0 Å². The van der Waals surface area contributed by atoms with Crippen LogP contribution in [0.5, 0.6) is 11.5 Å². The van der Waals surface area contributed by atoms with Gasteiger partial charge in [0.25, 0.3) is 0 Å². The van der Waals surface area contributed by atoms with E-state index in [0.29, 0.717) is 24.0 Å². The standard InChI is InChI=1S/C29H47N3O5/c1-6-8-14-31(15-9-13-30(4)5)27(33)19-32-18-23(22-11-12-25-26(17-22)37-20-36-25)28(29(34)35)24(32)16-21(3)10-7-2/h11-12,17,21,23-24,28H,6-10,13-16,18-20H2,1-5H3,(H,34,35)/t21?,23-,24+,28-/m1/s1. The van der Waals surface area contributed by atoms with Gasteiger partial charge in [0.2, 0.25) is 12.7 Å². The molecule has 1 aromatic rings. The minimum absolute atomic E-state index is 0.107. The molecule has 37 heavy (non-hydrogen) atoms. The molecule has 2 heterocycles. The summed E-state index contributed by atoms with van der Waals surface area (Å²) in [6.45, 7) is 9.92. The quantitative estimate of drug-likeness (QED) is 0.372. The van der Waals surface area contributed by atoms with Gasteiger partial charge in [0, 0.05) is 31.6 Å². The number of benzene rings is 1. The van der Waals surface area contributed by atoms with E-state index in [1.807, 2.05) is 37.2 Å². The van der Waals surface area contributed by atoms with Crippen molar-refractivity contribution in [1.29, 1.82) is 0 Å². The maximum absolute atomic E-state index is 13.6. The summed E-state index contributed by atoms with van der Waals surface area (Å²) in [7, 11) is 4.10. The molecule has 0 bridgehead atoms. The highest BCUT2D eigenvalue weighted by molar-refractivity contribution is 5.79. The first kappa shape index (κ1) is 29.2. The highest BCUT2D eigenvalue weighted by Gasteiger charge is 2.47. The molecule has 0 spiro atoms. The molecule has 1 saturated heterocycles. The van der Waals surface area contributed by atoms with E-state index in [-0.39, 0.29) is 31.2 Å². The van der Waals surface area contributed by atoms with Gasteiger partial charge in [-0.15, -0.1) is 0 Å². The Morgan fingerprint density at radius 1 is 1.08 bits per heavy atom. The Balaban J connectivity index is 1.84. The zero-order chi connectivity index (χ0) is 26.9. The van der Waals surface area contributed by atoms with Crippen molar-refractivity contribution in [2.24, 2.45) is 11.8 Å². The average Bonchev–Trinajstić information content (AvgIpc) is 3.45. The van der Waals surface area contributed by atoms with E-state index in [1.165, 1.54) is 0 Å². The molecule has 0 aliphatic carbocycles. The van der Waals surface area contributed by atoms with Crippen LogP contribution in [0, 0.1) is 11.8 Å². The van der Waals surface area contributed by atoms with Crippen molar-refractivity contribution in [1.82, 2.24) is 14.7 Å². The van der Waals surface area contributed by atoms with E-state index in [0.717, 1.165) is 63.7 Å². The van der Waals surface area contributed by atoms with Gasteiger partial charge < -0.3 is 24.4 Å². The van der Waals surface area contributed by atoms with Crippen LogP contribution in [0.3, 0.4) is 0 Å². The van der Waals surface area contributed by atoms with Gasteiger partial charge in [-0.1, -0.05) is 46.1 Å². The van der Waals surface area contributed by atoms with Crippen LogP contribution >= 0.6 is 0 Å². The monoisotopic (exact) mass is 517 g/mol. The average molecular weight is 518 g/mol. The fraction of sp³-hybridized carbons (Fsp3) is 0.724. The minimum Gasteiger partial charge on any atom is -0.481 e. The number of likely N-dealkylation sites (tertiary alicyclic amines) is 1. The molecule has 1 aromatic carbocycles. The lowest BCUT2D eigenvalue weighted by atomic mass is 9.81. The first-order valence-electron chi connectivity index (χ1n) is 14.0. The molecular formula is C29H47N3O5. The topological polar surface area (TPSA) is 82.5 Å². The molecule has 8 heteroatoms. The van der Waals surface area contributed by atoms with Gasteiger partial charge in [-0.3, -0.25) is 14.5 Å². The third-order valence-electron chi connectivity index (χ3n) is 7.79. The summed E-state index contributed by atoms with van der Waals surface area (Å²) < 4.78 is 11.1. The van der Waals surface area contributed by atoms with E-state index in [2.05, 4.69) is 30.6 Å². The highest BCUT2D eigenvalue weighted by atomic mass is 16.7. The molecule has 0 saturated carbocycles. The second kappa shape index (κ2) is 14.0. The number of aliphatic carboxylic acids is 1. The number of unbranched alkanes of at least 4 members (excludes halogenated alkanes) is 1. The summed E-state index contributed by atoms with van der Waals surface area (Å²) in [5.41, 5.74) is 0.938. The summed E-state index contributed by atoms with van der Waals surface area (Å²) >= 11 is 0. The van der Waals surface area contributed by atoms with Crippen LogP contribution in [0.25, 0.3) is 0 Å². The molecule has 3 rings (SSSR count). The number of ether oxygens (including phenoxy) is 2. The van der Waals surface area contributed by atoms with E-state index in [9.17, 15) is 14.7 Å². The molecule has 4 atom stereocenters. The van der Waals surface area contributed by atoms with E-state index in [1.54, 1.807) is 0 Å². The Hall–Kier alpha value is -2.32. The van der Waals surface area contributed by atoms with E-state index in [4.69, 9.17) is 9.47 Å². The van der Waals surface area contributed by atoms with Crippen LogP contribution in [-0.2, 0) is 9.59 Å². The summed E-state index contributed by atoms with van der Waals surface area (Å²) in [6, 6.07) is 5.57. The fourth-order valence-electron chi connectivity index (χ4n) is 5.85. The van der Waals surface area contributed by atoms with Gasteiger partial charge in [0.05, 0.1) is 12.5 Å². The zero-order valence-corrected chi connectivity index (χ0v) is 23.4. The largest absolute Gasteiger partial charge is 0.481 e. The molecule has 8 nitrogen and oxygen atoms in total. The van der Waals surface area contributed by atoms with Gasteiger partial charge >= 0.3 is 5.97 Å². The molecule has 1 fully saturated rings. The summed E-state index contributed by atoms with van der Waals surface area (Å²) in [5, 5.41) is 10.4. The van der Waals surface area contributed by atoms with E-state index >= 15 is 0 Å². The summed E-state index contributed by atoms with van der Waals surface area (Å²) in [4.78, 5) is 32.6. The molecular weight excluding hydrogens is 470 g/mol. The number of fused-ring (bicyclic) bond motifs is 1. The molecule has 1 unspecified atom stereocenters. The Morgan fingerprint density at radius 3 is 2.49 bits per heavy atom. The molecule has 1 N–H and O–H groups in total. The van der Waals surface area contributed by atoms with Crippen molar-refractivity contribution in [3.63, 3.8) is 0 Å². The van der Waals surface area contributed by atoms with Crippen LogP contribution in [0.2, 0.25) is 0 Å². The zero-order valence-electron chi connectivity index (χ0n) is 23.4. The Kier molecular flexibility index (Phi) is 11.1. The summed E-state index contributed by atoms with van der Waals surface area (Å²) in [5.74, 6) is 0.274. The van der Waals surface area contributed by atoms with Crippen LogP contribution in [-0.4, -0.2) is 91.3 Å². The SMILES string of the molecule is CCCCN(CCCN(C)C)C(=O)CN1C[C@H](c2ccc3c(c2)OCO3)[C@@H](C(=O)O)[C@@H]1CC(C)CCC. The summed E-state index contributed by atoms with van der Waals surface area (Å²) in [6.07, 6.45) is 5.82. The maximum Gasteiger partial charge on any atom is 0.308 e. The number of hydrogen-bond donors (Lipinski definition) is 1. The van der Waals surface area contributed by atoms with Crippen molar-refractivity contribution in [2.75, 3.05) is 53.6 Å². The third kappa shape index (κ3) is 7.84. The molecule has 208 valence electrons. The molecule has 1 amide bonds. The number of hydrogen-bond acceptors (Lipinski definition) is 6. The number of carbonyl (C=O) groups excluding carboxylic acids is 1. The molecule has 2 aliphatic heterocycles. The number of carboxylic acid groups (broad SMARTS) is 1. The van der Waals surface area contributed by atoms with E-state index < -0.39 is 11.9 Å². The number of nitrogens with zero attached hydrogens (tertiary/aromatic N) is 3. The highest BCUT2D eigenvalue weighted by Crippen LogP contribution is 2.43. The first-order chi connectivity index (χ1) is 17.7. The fourth-order valence-corrected chi connectivity index (χ4v) is 5.85. The van der Waals surface area contributed by atoms with Crippen LogP contribution in [0.1, 0.15) is 70.8 Å². The Morgan fingerprint density at radius 2 is 1.81 bits per heavy atom. The Bertz CT molecular complexity index is 892. The number of rotatable bonds is 15. The molecule has 0 radical (unpaired) electrons. The first-order valence-corrected chi connectivity index (χ1v) is 14.0. The molecule has 0 aromatic heterocycles. The van der Waals surface area contributed by atoms with Crippen LogP contribution in [0.15, 0.2) is 18.2 Å². The predicted molar refractivity (Wildman–Crippen MR) is 145 cm³/mol. The molecule has 2 aliphatic rings. The number of carboxylic acids is 1. The predicted octanol–water partition coefficient (Wildman–Crippen LogP) is 4.29. The lowest BCUT2D eigenvalue weighted by Gasteiger charge is -2.31. The number of carbonyl (C=O) groups is 2. The lowest BCUT2D eigenvalue weighted by Crippen LogP contribution is -2.45. The van der Waals surface area contributed by atoms with Crippen LogP contribution < -0.4 is 9.47 Å². The van der Waals surface area contributed by atoms with Gasteiger partial charge in [-0.05, 0) is 63.5 Å². The maximum atomic E-state index is 13.6. The lowest BCUT2D eigenvalue weighted by molar-refractivity contribution is -0.144. The van der Waals surface area contributed by atoms with Gasteiger partial charge in [-0.2, -0.15) is 0 Å². The second-order valence-corrected chi connectivity index (χ2v) is 11.1. The van der Waals surface area contributed by atoms with Gasteiger partial charge in [0.15, 0.2) is 11.5 Å². The smallest absolute Gasteiger partial charge is 0.308 e. The van der Waals surface area contributed by atoms with Crippen molar-refractivity contribution >= 4 is 11.9 Å². The van der Waals surface area contributed by atoms with Gasteiger partial charge in [-0.25, -0.2) is 0 Å². The van der Waals surface area contributed by atoms with Crippen molar-refractivity contribution in [3.05, 3.63) is 23.8 Å².